The molecule has 0 aliphatic heterocycles. The molecule has 0 bridgehead atoms. The lowest BCUT2D eigenvalue weighted by Gasteiger charge is -2.26. The summed E-state index contributed by atoms with van der Waals surface area (Å²) in [7, 11) is 0. The minimum Gasteiger partial charge on any atom is -0.253 e. The maximum Gasteiger partial charge on any atom is 0.0699 e. The summed E-state index contributed by atoms with van der Waals surface area (Å²) in [5, 5.41) is 0. The van der Waals surface area contributed by atoms with Gasteiger partial charge in [-0.3, -0.25) is 9.98 Å². The van der Waals surface area contributed by atoms with E-state index in [0.717, 1.165) is 19.3 Å². The molecule has 0 atom stereocenters. The second-order valence-electron chi connectivity index (χ2n) is 14.2. The number of allylic oxidation sites excluding steroid dienone is 4. The van der Waals surface area contributed by atoms with Crippen LogP contribution in [0.5, 0.6) is 0 Å². The van der Waals surface area contributed by atoms with E-state index in [2.05, 4.69) is 106 Å². The number of hydrogen-bond acceptors (Lipinski definition) is 2. The standard InChI is InChI=1S/C37H50N2/c1-24-13-11-15-30(17-24)38-34-26(3)19-28(22-32(34)36(5,6)7)21-29-20-27(4)35(33(23-29)37(8,9)10)39-31-16-12-14-25(2)18-31/h17-20,22-23H,11-16,21H2,1-10H3/b38-30-,39-31+. The smallest absolute Gasteiger partial charge is 0.0699 e. The predicted molar refractivity (Wildman–Crippen MR) is 172 cm³/mol. The third kappa shape index (κ3) is 7.27. The van der Waals surface area contributed by atoms with Crippen molar-refractivity contribution < 1.29 is 0 Å². The molecule has 2 aromatic carbocycles. The highest BCUT2D eigenvalue weighted by molar-refractivity contribution is 5.99. The summed E-state index contributed by atoms with van der Waals surface area (Å²) in [4.78, 5) is 10.5. The Balaban J connectivity index is 1.76. The summed E-state index contributed by atoms with van der Waals surface area (Å²) < 4.78 is 0. The molecule has 0 saturated heterocycles. The van der Waals surface area contributed by atoms with Crippen molar-refractivity contribution in [1.29, 1.82) is 0 Å². The van der Waals surface area contributed by atoms with Gasteiger partial charge in [0.1, 0.15) is 0 Å². The van der Waals surface area contributed by atoms with Gasteiger partial charge in [-0.2, -0.15) is 0 Å². The fourth-order valence-electron chi connectivity index (χ4n) is 6.01. The molecule has 0 fully saturated rings. The Morgan fingerprint density at radius 2 is 0.949 bits per heavy atom. The molecular formula is C37H50N2. The number of nitrogens with zero attached hydrogens (tertiary/aromatic N) is 2. The summed E-state index contributed by atoms with van der Waals surface area (Å²) in [5.41, 5.74) is 15.7. The Hall–Kier alpha value is -2.74. The number of aryl methyl sites for hydroxylation is 2. The van der Waals surface area contributed by atoms with Crippen LogP contribution < -0.4 is 0 Å². The number of rotatable bonds is 4. The molecule has 4 rings (SSSR count). The average molecular weight is 523 g/mol. The van der Waals surface area contributed by atoms with Crippen LogP contribution in [0.3, 0.4) is 0 Å². The molecule has 0 unspecified atom stereocenters. The van der Waals surface area contributed by atoms with Gasteiger partial charge in [0, 0.05) is 11.4 Å². The Labute approximate surface area is 238 Å². The van der Waals surface area contributed by atoms with Crippen molar-refractivity contribution in [2.45, 2.75) is 125 Å². The third-order valence-corrected chi connectivity index (χ3v) is 8.09. The number of benzene rings is 2. The zero-order valence-electron chi connectivity index (χ0n) is 26.3. The molecule has 2 aromatic rings. The van der Waals surface area contributed by atoms with Crippen molar-refractivity contribution in [3.05, 3.63) is 80.9 Å². The summed E-state index contributed by atoms with van der Waals surface area (Å²) in [6.07, 6.45) is 12.5. The lowest BCUT2D eigenvalue weighted by molar-refractivity contribution is 0.589. The Morgan fingerprint density at radius 1 is 0.564 bits per heavy atom. The molecule has 2 heteroatoms. The van der Waals surface area contributed by atoms with E-state index in [4.69, 9.17) is 9.98 Å². The summed E-state index contributed by atoms with van der Waals surface area (Å²) in [5.74, 6) is 0. The molecule has 0 N–H and O–H groups in total. The van der Waals surface area contributed by atoms with Gasteiger partial charge >= 0.3 is 0 Å². The highest BCUT2D eigenvalue weighted by atomic mass is 14.8. The molecule has 208 valence electrons. The van der Waals surface area contributed by atoms with Crippen molar-refractivity contribution in [1.82, 2.24) is 0 Å². The van der Waals surface area contributed by atoms with E-state index in [1.54, 1.807) is 0 Å². The average Bonchev–Trinajstić information content (AvgIpc) is 2.81. The zero-order valence-corrected chi connectivity index (χ0v) is 26.3. The van der Waals surface area contributed by atoms with Gasteiger partial charge < -0.3 is 0 Å². The molecule has 0 aromatic heterocycles. The third-order valence-electron chi connectivity index (χ3n) is 8.09. The summed E-state index contributed by atoms with van der Waals surface area (Å²) in [6.45, 7) is 22.8. The molecule has 2 nitrogen and oxygen atoms in total. The van der Waals surface area contributed by atoms with Gasteiger partial charge in [-0.25, -0.2) is 0 Å². The fourth-order valence-corrected chi connectivity index (χ4v) is 6.01. The van der Waals surface area contributed by atoms with Gasteiger partial charge in [0.25, 0.3) is 0 Å². The van der Waals surface area contributed by atoms with Crippen LogP contribution in [0.4, 0.5) is 11.4 Å². The van der Waals surface area contributed by atoms with E-state index >= 15 is 0 Å². The minimum atomic E-state index is 0.0195. The topological polar surface area (TPSA) is 24.7 Å². The summed E-state index contributed by atoms with van der Waals surface area (Å²) >= 11 is 0. The van der Waals surface area contributed by atoms with Gasteiger partial charge in [0.2, 0.25) is 0 Å². The Morgan fingerprint density at radius 3 is 1.28 bits per heavy atom. The monoisotopic (exact) mass is 522 g/mol. The second-order valence-corrected chi connectivity index (χ2v) is 14.2. The SMILES string of the molecule is CC1=C/C(=N\c2c(C)cc(Cc3cc(C)c(/N=C4/C=C(C)CCC4)c(C(C)(C)C)c3)cc2C(C)(C)C)CCC1. The minimum absolute atomic E-state index is 0.0195. The lowest BCUT2D eigenvalue weighted by atomic mass is 9.81. The largest absolute Gasteiger partial charge is 0.253 e. The Kier molecular flexibility index (Phi) is 8.55. The van der Waals surface area contributed by atoms with Crippen molar-refractivity contribution in [2.24, 2.45) is 9.98 Å². The van der Waals surface area contributed by atoms with Crippen LogP contribution in [0.1, 0.15) is 127 Å². The van der Waals surface area contributed by atoms with E-state index in [1.165, 1.54) is 93.0 Å². The van der Waals surface area contributed by atoms with Crippen molar-refractivity contribution >= 4 is 22.8 Å². The number of aliphatic imine (C=N–C) groups is 2. The highest BCUT2D eigenvalue weighted by Crippen LogP contribution is 2.39. The first-order valence-electron chi connectivity index (χ1n) is 15.0. The fraction of sp³-hybridized carbons (Fsp3) is 0.514. The molecular weight excluding hydrogens is 472 g/mol. The van der Waals surface area contributed by atoms with Gasteiger partial charge in [-0.15, -0.1) is 0 Å². The number of hydrogen-bond donors (Lipinski definition) is 0. The van der Waals surface area contributed by atoms with E-state index in [0.29, 0.717) is 0 Å². The van der Waals surface area contributed by atoms with Crippen LogP contribution in [0, 0.1) is 13.8 Å². The van der Waals surface area contributed by atoms with E-state index in [1.807, 2.05) is 0 Å². The van der Waals surface area contributed by atoms with E-state index in [-0.39, 0.29) is 10.8 Å². The first-order chi connectivity index (χ1) is 18.2. The van der Waals surface area contributed by atoms with Gasteiger partial charge in [-0.1, -0.05) is 77.0 Å². The maximum absolute atomic E-state index is 5.24. The van der Waals surface area contributed by atoms with Crippen LogP contribution >= 0.6 is 0 Å². The summed E-state index contributed by atoms with van der Waals surface area (Å²) in [6, 6.07) is 9.57. The first kappa shape index (κ1) is 29.2. The molecule has 0 spiro atoms. The Bertz CT molecular complexity index is 1260. The van der Waals surface area contributed by atoms with Crippen LogP contribution in [-0.2, 0) is 17.3 Å². The molecule has 0 saturated carbocycles. The van der Waals surface area contributed by atoms with Gasteiger partial charge in [0.15, 0.2) is 0 Å². The van der Waals surface area contributed by atoms with Crippen molar-refractivity contribution in [3.63, 3.8) is 0 Å². The van der Waals surface area contributed by atoms with Crippen LogP contribution in [-0.4, -0.2) is 11.4 Å². The molecule has 39 heavy (non-hydrogen) atoms. The van der Waals surface area contributed by atoms with E-state index in [9.17, 15) is 0 Å². The quantitative estimate of drug-likeness (QED) is 0.381. The normalized spacial score (nSPS) is 18.9. The predicted octanol–water partition coefficient (Wildman–Crippen LogP) is 10.9. The molecule has 0 heterocycles. The molecule has 0 amide bonds. The van der Waals surface area contributed by atoms with Crippen LogP contribution in [0.15, 0.2) is 57.5 Å². The van der Waals surface area contributed by atoms with E-state index < -0.39 is 0 Å². The van der Waals surface area contributed by atoms with Crippen LogP contribution in [0.25, 0.3) is 0 Å². The van der Waals surface area contributed by atoms with Crippen molar-refractivity contribution in [2.75, 3.05) is 0 Å². The van der Waals surface area contributed by atoms with Gasteiger partial charge in [0.05, 0.1) is 11.4 Å². The van der Waals surface area contributed by atoms with Gasteiger partial charge in [-0.05, 0) is 129 Å². The zero-order chi connectivity index (χ0) is 28.5. The van der Waals surface area contributed by atoms with Crippen LogP contribution in [0.2, 0.25) is 0 Å². The molecule has 0 radical (unpaired) electrons. The molecule has 2 aliphatic rings. The molecule has 2 aliphatic carbocycles. The first-order valence-corrected chi connectivity index (χ1v) is 15.0. The second kappa shape index (κ2) is 11.4. The highest BCUT2D eigenvalue weighted by Gasteiger charge is 2.23. The maximum atomic E-state index is 5.24. The van der Waals surface area contributed by atoms with Crippen molar-refractivity contribution in [3.8, 4) is 0 Å². The lowest BCUT2D eigenvalue weighted by Crippen LogP contribution is -2.14.